The molecule has 0 saturated carbocycles. The van der Waals surface area contributed by atoms with Crippen molar-refractivity contribution in [2.75, 3.05) is 0 Å². The van der Waals surface area contributed by atoms with Crippen molar-refractivity contribution in [3.8, 4) is 5.75 Å². The first-order chi connectivity index (χ1) is 6.59. The summed E-state index contributed by atoms with van der Waals surface area (Å²) in [4.78, 5) is 3.93. The standard InChI is InChI=1S/C9H12ClNO.C2H6/c1-6(2)12-8-5-11-9(10)4-7(8)3;1-2/h4-6H,1-3H3;1-2H3. The summed E-state index contributed by atoms with van der Waals surface area (Å²) < 4.78 is 5.48. The zero-order valence-electron chi connectivity index (χ0n) is 9.47. The maximum absolute atomic E-state index is 5.69. The molecule has 0 aliphatic heterocycles. The van der Waals surface area contributed by atoms with Crippen LogP contribution in [0.15, 0.2) is 12.3 Å². The lowest BCUT2D eigenvalue weighted by molar-refractivity contribution is 0.240. The average Bonchev–Trinajstić information content (AvgIpc) is 2.13. The molecule has 0 spiro atoms. The van der Waals surface area contributed by atoms with E-state index in [2.05, 4.69) is 4.98 Å². The van der Waals surface area contributed by atoms with E-state index >= 15 is 0 Å². The van der Waals surface area contributed by atoms with Crippen molar-refractivity contribution in [2.45, 2.75) is 40.7 Å². The van der Waals surface area contributed by atoms with Crippen LogP contribution in [0.5, 0.6) is 5.75 Å². The number of ether oxygens (including phenoxy) is 1. The molecule has 0 unspecified atom stereocenters. The van der Waals surface area contributed by atoms with Crippen LogP contribution >= 0.6 is 11.6 Å². The number of pyridine rings is 1. The molecule has 14 heavy (non-hydrogen) atoms. The number of aryl methyl sites for hydroxylation is 1. The highest BCUT2D eigenvalue weighted by Crippen LogP contribution is 2.19. The normalized spacial score (nSPS) is 9.36. The third kappa shape index (κ3) is 4.47. The van der Waals surface area contributed by atoms with Gasteiger partial charge in [-0.15, -0.1) is 0 Å². The highest BCUT2D eigenvalue weighted by atomic mass is 35.5. The first-order valence-corrected chi connectivity index (χ1v) is 5.26. The summed E-state index contributed by atoms with van der Waals surface area (Å²) in [5, 5.41) is 0.503. The van der Waals surface area contributed by atoms with E-state index in [1.165, 1.54) is 0 Å². The molecule has 0 N–H and O–H groups in total. The Hall–Kier alpha value is -0.760. The first kappa shape index (κ1) is 13.2. The lowest BCUT2D eigenvalue weighted by atomic mass is 10.3. The highest BCUT2D eigenvalue weighted by molar-refractivity contribution is 6.29. The smallest absolute Gasteiger partial charge is 0.140 e. The van der Waals surface area contributed by atoms with E-state index < -0.39 is 0 Å². The minimum Gasteiger partial charge on any atom is -0.489 e. The van der Waals surface area contributed by atoms with Crippen LogP contribution in [-0.4, -0.2) is 11.1 Å². The van der Waals surface area contributed by atoms with Crippen molar-refractivity contribution in [2.24, 2.45) is 0 Å². The molecule has 0 saturated heterocycles. The lowest BCUT2D eigenvalue weighted by Crippen LogP contribution is -2.06. The SMILES string of the molecule is CC.Cc1cc(Cl)ncc1OC(C)C. The zero-order valence-corrected chi connectivity index (χ0v) is 10.2. The Morgan fingerprint density at radius 2 is 1.93 bits per heavy atom. The third-order valence-electron chi connectivity index (χ3n) is 1.39. The Morgan fingerprint density at radius 1 is 1.36 bits per heavy atom. The third-order valence-corrected chi connectivity index (χ3v) is 1.60. The van der Waals surface area contributed by atoms with E-state index in [9.17, 15) is 0 Å². The van der Waals surface area contributed by atoms with E-state index in [0.717, 1.165) is 11.3 Å². The van der Waals surface area contributed by atoms with Gasteiger partial charge in [-0.2, -0.15) is 0 Å². The number of aromatic nitrogens is 1. The van der Waals surface area contributed by atoms with Crippen molar-refractivity contribution < 1.29 is 4.74 Å². The number of nitrogens with zero attached hydrogens (tertiary/aromatic N) is 1. The minimum absolute atomic E-state index is 0.173. The molecular formula is C11H18ClNO. The molecule has 1 aromatic rings. The van der Waals surface area contributed by atoms with Gasteiger partial charge in [0.1, 0.15) is 10.9 Å². The number of rotatable bonds is 2. The molecule has 0 atom stereocenters. The molecule has 0 aliphatic carbocycles. The molecule has 2 nitrogen and oxygen atoms in total. The lowest BCUT2D eigenvalue weighted by Gasteiger charge is -2.11. The summed E-state index contributed by atoms with van der Waals surface area (Å²) >= 11 is 5.69. The minimum atomic E-state index is 0.173. The van der Waals surface area contributed by atoms with Crippen LogP contribution in [0, 0.1) is 6.92 Å². The number of halogens is 1. The van der Waals surface area contributed by atoms with Crippen LogP contribution in [0.25, 0.3) is 0 Å². The Balaban J connectivity index is 0.000000791. The van der Waals surface area contributed by atoms with Gasteiger partial charge in [-0.25, -0.2) is 4.98 Å². The summed E-state index contributed by atoms with van der Waals surface area (Å²) in [6, 6.07) is 1.79. The molecular weight excluding hydrogens is 198 g/mol. The Bertz CT molecular complexity index is 274. The summed E-state index contributed by atoms with van der Waals surface area (Å²) in [6.07, 6.45) is 1.82. The van der Waals surface area contributed by atoms with Gasteiger partial charge in [-0.3, -0.25) is 0 Å². The van der Waals surface area contributed by atoms with Crippen LogP contribution in [0.3, 0.4) is 0 Å². The molecule has 1 aromatic heterocycles. The summed E-state index contributed by atoms with van der Waals surface area (Å²) in [5.41, 5.74) is 1.02. The largest absolute Gasteiger partial charge is 0.489 e. The van der Waals surface area contributed by atoms with Gasteiger partial charge in [-0.05, 0) is 32.4 Å². The molecule has 3 heteroatoms. The second-order valence-corrected chi connectivity index (χ2v) is 3.33. The highest BCUT2D eigenvalue weighted by Gasteiger charge is 2.02. The molecule has 0 aromatic carbocycles. The number of hydrogen-bond acceptors (Lipinski definition) is 2. The predicted molar refractivity (Wildman–Crippen MR) is 61.1 cm³/mol. The number of hydrogen-bond donors (Lipinski definition) is 0. The van der Waals surface area contributed by atoms with Crippen molar-refractivity contribution >= 4 is 11.6 Å². The molecule has 1 rings (SSSR count). The van der Waals surface area contributed by atoms with Crippen LogP contribution in [0.1, 0.15) is 33.3 Å². The molecule has 0 bridgehead atoms. The van der Waals surface area contributed by atoms with E-state index in [0.29, 0.717) is 5.15 Å². The zero-order chi connectivity index (χ0) is 11.1. The van der Waals surface area contributed by atoms with Crippen molar-refractivity contribution in [1.29, 1.82) is 0 Å². The Morgan fingerprint density at radius 3 is 2.36 bits per heavy atom. The summed E-state index contributed by atoms with van der Waals surface area (Å²) in [7, 11) is 0. The van der Waals surface area contributed by atoms with E-state index in [1.807, 2.05) is 34.6 Å². The van der Waals surface area contributed by atoms with Gasteiger partial charge in [0.2, 0.25) is 0 Å². The van der Waals surface area contributed by atoms with Crippen LogP contribution < -0.4 is 4.74 Å². The fourth-order valence-corrected chi connectivity index (χ4v) is 1.10. The second-order valence-electron chi connectivity index (χ2n) is 2.94. The molecule has 0 fully saturated rings. The fraction of sp³-hybridized carbons (Fsp3) is 0.545. The first-order valence-electron chi connectivity index (χ1n) is 4.88. The van der Waals surface area contributed by atoms with E-state index in [4.69, 9.17) is 16.3 Å². The fourth-order valence-electron chi connectivity index (χ4n) is 0.886. The van der Waals surface area contributed by atoms with Crippen LogP contribution in [0.4, 0.5) is 0 Å². The van der Waals surface area contributed by atoms with Gasteiger partial charge in [0.05, 0.1) is 12.3 Å². The van der Waals surface area contributed by atoms with E-state index in [1.54, 1.807) is 12.3 Å². The molecule has 0 radical (unpaired) electrons. The molecule has 1 heterocycles. The predicted octanol–water partition coefficient (Wildman–Crippen LogP) is 3.86. The van der Waals surface area contributed by atoms with Crippen LogP contribution in [0.2, 0.25) is 5.15 Å². The maximum Gasteiger partial charge on any atom is 0.140 e. The molecule has 80 valence electrons. The van der Waals surface area contributed by atoms with E-state index in [-0.39, 0.29) is 6.10 Å². The van der Waals surface area contributed by atoms with Gasteiger partial charge in [-0.1, -0.05) is 25.4 Å². The topological polar surface area (TPSA) is 22.1 Å². The Kier molecular flexibility index (Phi) is 6.30. The van der Waals surface area contributed by atoms with Gasteiger partial charge in [0, 0.05) is 0 Å². The van der Waals surface area contributed by atoms with Gasteiger partial charge < -0.3 is 4.74 Å². The van der Waals surface area contributed by atoms with Crippen molar-refractivity contribution in [3.63, 3.8) is 0 Å². The molecule has 0 aliphatic rings. The van der Waals surface area contributed by atoms with Crippen molar-refractivity contribution in [1.82, 2.24) is 4.98 Å². The summed E-state index contributed by atoms with van der Waals surface area (Å²) in [6.45, 7) is 9.91. The van der Waals surface area contributed by atoms with Gasteiger partial charge >= 0.3 is 0 Å². The molecule has 0 amide bonds. The van der Waals surface area contributed by atoms with Crippen LogP contribution in [-0.2, 0) is 0 Å². The quantitative estimate of drug-likeness (QED) is 0.699. The second kappa shape index (κ2) is 6.66. The van der Waals surface area contributed by atoms with Crippen molar-refractivity contribution in [3.05, 3.63) is 23.0 Å². The van der Waals surface area contributed by atoms with Gasteiger partial charge in [0.25, 0.3) is 0 Å². The monoisotopic (exact) mass is 215 g/mol. The average molecular weight is 216 g/mol. The maximum atomic E-state index is 5.69. The van der Waals surface area contributed by atoms with Gasteiger partial charge in [0.15, 0.2) is 0 Å². The summed E-state index contributed by atoms with van der Waals surface area (Å²) in [5.74, 6) is 0.800. The Labute approximate surface area is 91.3 Å².